The third-order valence-corrected chi connectivity index (χ3v) is 2.85. The number of nitrogens with one attached hydrogen (secondary N) is 1. The first-order chi connectivity index (χ1) is 11.1. The highest BCUT2D eigenvalue weighted by Crippen LogP contribution is 2.26. The molecular formula is C16H16N2O5. The Morgan fingerprint density at radius 2 is 1.83 bits per heavy atom. The van der Waals surface area contributed by atoms with Crippen molar-refractivity contribution in [2.75, 3.05) is 18.5 Å². The molecule has 7 heteroatoms. The molecule has 0 aliphatic carbocycles. The second kappa shape index (κ2) is 7.79. The van der Waals surface area contributed by atoms with Crippen molar-refractivity contribution in [3.05, 3.63) is 58.6 Å². The van der Waals surface area contributed by atoms with E-state index in [1.807, 2.05) is 6.92 Å². The average Bonchev–Trinajstić information content (AvgIpc) is 2.54. The van der Waals surface area contributed by atoms with Crippen molar-refractivity contribution in [1.82, 2.24) is 0 Å². The van der Waals surface area contributed by atoms with E-state index in [0.29, 0.717) is 23.8 Å². The van der Waals surface area contributed by atoms with E-state index in [2.05, 4.69) is 5.32 Å². The van der Waals surface area contributed by atoms with E-state index in [1.54, 1.807) is 30.3 Å². The van der Waals surface area contributed by atoms with Gasteiger partial charge in [0.1, 0.15) is 0 Å². The SMILES string of the molecule is CCOc1ccccc1OCC(=O)Nc1cccc([N+](=O)[O-])c1. The number of anilines is 1. The zero-order valence-electron chi connectivity index (χ0n) is 12.5. The summed E-state index contributed by atoms with van der Waals surface area (Å²) < 4.78 is 10.8. The first-order valence-electron chi connectivity index (χ1n) is 6.99. The van der Waals surface area contributed by atoms with Gasteiger partial charge in [0.2, 0.25) is 0 Å². The summed E-state index contributed by atoms with van der Waals surface area (Å²) in [6, 6.07) is 12.7. The van der Waals surface area contributed by atoms with Gasteiger partial charge in [-0.3, -0.25) is 14.9 Å². The number of nitro groups is 1. The number of hydrogen-bond donors (Lipinski definition) is 1. The molecule has 1 N–H and O–H groups in total. The van der Waals surface area contributed by atoms with E-state index >= 15 is 0 Å². The van der Waals surface area contributed by atoms with Crippen molar-refractivity contribution in [3.63, 3.8) is 0 Å². The molecule has 0 unspecified atom stereocenters. The van der Waals surface area contributed by atoms with Gasteiger partial charge in [-0.15, -0.1) is 0 Å². The summed E-state index contributed by atoms with van der Waals surface area (Å²) in [6.07, 6.45) is 0. The molecule has 2 aromatic rings. The van der Waals surface area contributed by atoms with Crippen molar-refractivity contribution >= 4 is 17.3 Å². The summed E-state index contributed by atoms with van der Waals surface area (Å²) in [4.78, 5) is 22.1. The van der Waals surface area contributed by atoms with Crippen LogP contribution in [0, 0.1) is 10.1 Å². The Balaban J connectivity index is 1.95. The number of amides is 1. The number of carbonyl (C=O) groups excluding carboxylic acids is 1. The van der Waals surface area contributed by atoms with Crippen LogP contribution in [-0.2, 0) is 4.79 Å². The lowest BCUT2D eigenvalue weighted by atomic mass is 10.3. The van der Waals surface area contributed by atoms with Crippen LogP contribution in [0.5, 0.6) is 11.5 Å². The van der Waals surface area contributed by atoms with Gasteiger partial charge < -0.3 is 14.8 Å². The molecule has 2 aromatic carbocycles. The average molecular weight is 316 g/mol. The zero-order valence-corrected chi connectivity index (χ0v) is 12.5. The molecule has 0 spiro atoms. The van der Waals surface area contributed by atoms with E-state index in [0.717, 1.165) is 0 Å². The molecule has 0 radical (unpaired) electrons. The molecule has 1 amide bonds. The lowest BCUT2D eigenvalue weighted by Gasteiger charge is -2.11. The van der Waals surface area contributed by atoms with Gasteiger partial charge in [0.05, 0.1) is 11.5 Å². The van der Waals surface area contributed by atoms with Crippen molar-refractivity contribution < 1.29 is 19.2 Å². The number of nitro benzene ring substituents is 1. The summed E-state index contributed by atoms with van der Waals surface area (Å²) in [6.45, 7) is 2.11. The quantitative estimate of drug-likeness (QED) is 0.626. The second-order valence-corrected chi connectivity index (χ2v) is 4.52. The van der Waals surface area contributed by atoms with Gasteiger partial charge >= 0.3 is 0 Å². The molecule has 0 aliphatic rings. The summed E-state index contributed by atoms with van der Waals surface area (Å²) >= 11 is 0. The van der Waals surface area contributed by atoms with E-state index in [4.69, 9.17) is 9.47 Å². The highest BCUT2D eigenvalue weighted by molar-refractivity contribution is 5.92. The minimum atomic E-state index is -0.523. The Bertz CT molecular complexity index is 702. The number of carbonyl (C=O) groups is 1. The fraction of sp³-hybridized carbons (Fsp3) is 0.188. The predicted molar refractivity (Wildman–Crippen MR) is 84.8 cm³/mol. The van der Waals surface area contributed by atoms with E-state index < -0.39 is 10.8 Å². The molecule has 120 valence electrons. The van der Waals surface area contributed by atoms with E-state index in [-0.39, 0.29) is 12.3 Å². The van der Waals surface area contributed by atoms with Gasteiger partial charge in [0, 0.05) is 17.8 Å². The first kappa shape index (κ1) is 16.3. The van der Waals surface area contributed by atoms with E-state index in [9.17, 15) is 14.9 Å². The van der Waals surface area contributed by atoms with Gasteiger partial charge in [-0.2, -0.15) is 0 Å². The summed E-state index contributed by atoms with van der Waals surface area (Å²) in [5, 5.41) is 13.3. The molecule has 0 fully saturated rings. The van der Waals surface area contributed by atoms with Crippen LogP contribution in [0.3, 0.4) is 0 Å². The van der Waals surface area contributed by atoms with Crippen LogP contribution in [-0.4, -0.2) is 24.0 Å². The third-order valence-electron chi connectivity index (χ3n) is 2.85. The fourth-order valence-corrected chi connectivity index (χ4v) is 1.88. The molecule has 0 aromatic heterocycles. The molecular weight excluding hydrogens is 300 g/mol. The second-order valence-electron chi connectivity index (χ2n) is 4.52. The lowest BCUT2D eigenvalue weighted by Crippen LogP contribution is -2.20. The van der Waals surface area contributed by atoms with Crippen molar-refractivity contribution in [2.45, 2.75) is 6.92 Å². The Hall–Kier alpha value is -3.09. The van der Waals surface area contributed by atoms with Crippen LogP contribution in [0.2, 0.25) is 0 Å². The summed E-state index contributed by atoms with van der Waals surface area (Å²) in [7, 11) is 0. The number of benzene rings is 2. The van der Waals surface area contributed by atoms with Gasteiger partial charge in [-0.1, -0.05) is 18.2 Å². The minimum absolute atomic E-state index is 0.0922. The Labute approximate surface area is 133 Å². The summed E-state index contributed by atoms with van der Waals surface area (Å²) in [5.74, 6) is 0.596. The topological polar surface area (TPSA) is 90.7 Å². The van der Waals surface area contributed by atoms with Crippen molar-refractivity contribution in [3.8, 4) is 11.5 Å². The van der Waals surface area contributed by atoms with Crippen LogP contribution >= 0.6 is 0 Å². The number of rotatable bonds is 7. The van der Waals surface area contributed by atoms with E-state index in [1.165, 1.54) is 18.2 Å². The molecule has 0 bridgehead atoms. The number of nitrogens with zero attached hydrogens (tertiary/aromatic N) is 1. The Morgan fingerprint density at radius 3 is 2.48 bits per heavy atom. The molecule has 0 saturated carbocycles. The lowest BCUT2D eigenvalue weighted by molar-refractivity contribution is -0.384. The Morgan fingerprint density at radius 1 is 1.13 bits per heavy atom. The molecule has 0 heterocycles. The number of ether oxygens (including phenoxy) is 2. The largest absolute Gasteiger partial charge is 0.490 e. The minimum Gasteiger partial charge on any atom is -0.490 e. The van der Waals surface area contributed by atoms with Crippen LogP contribution in [0.15, 0.2) is 48.5 Å². The molecule has 23 heavy (non-hydrogen) atoms. The number of hydrogen-bond acceptors (Lipinski definition) is 5. The molecule has 2 rings (SSSR count). The molecule has 0 saturated heterocycles. The van der Waals surface area contributed by atoms with Crippen LogP contribution < -0.4 is 14.8 Å². The zero-order chi connectivity index (χ0) is 16.7. The van der Waals surface area contributed by atoms with Crippen LogP contribution in [0.1, 0.15) is 6.92 Å². The maximum atomic E-state index is 11.9. The van der Waals surface area contributed by atoms with Crippen LogP contribution in [0.25, 0.3) is 0 Å². The summed E-state index contributed by atoms with van der Waals surface area (Å²) in [5.41, 5.74) is 0.247. The predicted octanol–water partition coefficient (Wildman–Crippen LogP) is 3.01. The Kier molecular flexibility index (Phi) is 5.51. The third kappa shape index (κ3) is 4.70. The molecule has 7 nitrogen and oxygen atoms in total. The highest BCUT2D eigenvalue weighted by Gasteiger charge is 2.10. The first-order valence-corrected chi connectivity index (χ1v) is 6.99. The standard InChI is InChI=1S/C16H16N2O5/c1-2-22-14-8-3-4-9-15(14)23-11-16(19)17-12-6-5-7-13(10-12)18(20)21/h3-10H,2,11H2,1H3,(H,17,19). The van der Waals surface area contributed by atoms with Gasteiger partial charge in [0.15, 0.2) is 18.1 Å². The monoisotopic (exact) mass is 316 g/mol. The number of non-ortho nitro benzene ring substituents is 1. The van der Waals surface area contributed by atoms with Gasteiger partial charge in [0.25, 0.3) is 11.6 Å². The van der Waals surface area contributed by atoms with Gasteiger partial charge in [-0.05, 0) is 25.1 Å². The smallest absolute Gasteiger partial charge is 0.271 e. The molecule has 0 aliphatic heterocycles. The van der Waals surface area contributed by atoms with Crippen molar-refractivity contribution in [1.29, 1.82) is 0 Å². The van der Waals surface area contributed by atoms with Crippen molar-refractivity contribution in [2.24, 2.45) is 0 Å². The maximum absolute atomic E-state index is 11.9. The van der Waals surface area contributed by atoms with Crippen LogP contribution in [0.4, 0.5) is 11.4 Å². The number of para-hydroxylation sites is 2. The highest BCUT2D eigenvalue weighted by atomic mass is 16.6. The fourth-order valence-electron chi connectivity index (χ4n) is 1.88. The normalized spacial score (nSPS) is 9.96. The van der Waals surface area contributed by atoms with Gasteiger partial charge in [-0.25, -0.2) is 0 Å². The maximum Gasteiger partial charge on any atom is 0.271 e. The molecule has 0 atom stereocenters.